The van der Waals surface area contributed by atoms with Crippen molar-refractivity contribution in [2.45, 2.75) is 44.9 Å². The lowest BCUT2D eigenvalue weighted by Crippen LogP contribution is -2.38. The number of benzene rings is 2. The number of ether oxygens (including phenoxy) is 3. The topological polar surface area (TPSA) is 74.2 Å². The smallest absolute Gasteiger partial charge is 0.315 e. The van der Waals surface area contributed by atoms with Crippen molar-refractivity contribution in [3.63, 3.8) is 0 Å². The number of carbonyl (C=O) groups excluding carboxylic acids is 2. The number of hydrogen-bond acceptors (Lipinski definition) is 6. The van der Waals surface area contributed by atoms with Gasteiger partial charge in [0.25, 0.3) is 0 Å². The van der Waals surface area contributed by atoms with E-state index in [0.717, 1.165) is 23.2 Å². The zero-order valence-electron chi connectivity index (χ0n) is 20.5. The fourth-order valence-electron chi connectivity index (χ4n) is 5.06. The molecule has 2 aromatic carbocycles. The summed E-state index contributed by atoms with van der Waals surface area (Å²) in [5, 5.41) is 0.553. The number of halogens is 1. The van der Waals surface area contributed by atoms with Crippen LogP contribution in [-0.2, 0) is 14.3 Å². The van der Waals surface area contributed by atoms with Crippen molar-refractivity contribution in [1.29, 1.82) is 0 Å². The maximum atomic E-state index is 13.7. The van der Waals surface area contributed by atoms with Crippen LogP contribution in [0.1, 0.15) is 56.1 Å². The molecule has 0 radical (unpaired) electrons. The second-order valence-corrected chi connectivity index (χ2v) is 9.37. The van der Waals surface area contributed by atoms with Gasteiger partial charge in [-0.3, -0.25) is 14.6 Å². The molecule has 0 saturated carbocycles. The van der Waals surface area contributed by atoms with E-state index in [1.165, 1.54) is 0 Å². The maximum Gasteiger partial charge on any atom is 0.315 e. The first-order valence-electron chi connectivity index (χ1n) is 11.8. The van der Waals surface area contributed by atoms with E-state index in [1.807, 2.05) is 50.2 Å². The van der Waals surface area contributed by atoms with E-state index in [1.54, 1.807) is 20.3 Å². The molecular weight excluding hydrogens is 466 g/mol. The molecule has 0 fully saturated rings. The predicted octanol–water partition coefficient (Wildman–Crippen LogP) is 5.89. The van der Waals surface area contributed by atoms with Crippen LogP contribution < -0.4 is 9.47 Å². The van der Waals surface area contributed by atoms with Crippen LogP contribution in [0.4, 0.5) is 0 Å². The number of Topliss-reactive ketones (excluding diaryl/α,β-unsaturated/α-hetero) is 1. The monoisotopic (exact) mass is 495 g/mol. The number of aliphatic imine (C=N–C) groups is 1. The molecule has 6 nitrogen and oxygen atoms in total. The molecule has 1 aliphatic heterocycles. The Hall–Kier alpha value is -3.12. The number of hydrogen-bond donors (Lipinski definition) is 0. The third kappa shape index (κ3) is 4.98. The minimum absolute atomic E-state index is 0.0134. The van der Waals surface area contributed by atoms with E-state index in [-0.39, 0.29) is 17.7 Å². The quantitative estimate of drug-likeness (QED) is 0.448. The largest absolute Gasteiger partial charge is 0.493 e. The van der Waals surface area contributed by atoms with Gasteiger partial charge in [-0.1, -0.05) is 36.7 Å². The Balaban J connectivity index is 1.76. The third-order valence-corrected chi connectivity index (χ3v) is 6.91. The van der Waals surface area contributed by atoms with Crippen molar-refractivity contribution in [3.8, 4) is 11.5 Å². The van der Waals surface area contributed by atoms with Crippen LogP contribution in [0.15, 0.2) is 58.7 Å². The van der Waals surface area contributed by atoms with Gasteiger partial charge in [-0.25, -0.2) is 0 Å². The van der Waals surface area contributed by atoms with E-state index in [4.69, 9.17) is 30.8 Å². The standard InChI is InChI=1S/C28H30ClNO5/c1-5-11-35-28(32)25-16(2)30-21-13-19(17-9-10-23(33-3)24(15-17)34-4)14-22(31)27(21)26(25)18-7-6-8-20(29)12-18/h6-10,12,15,19,25-26H,5,11,13-14H2,1-4H3/t19-,25?,26-/m0/s1. The van der Waals surface area contributed by atoms with Crippen LogP contribution in [0.5, 0.6) is 11.5 Å². The summed E-state index contributed by atoms with van der Waals surface area (Å²) in [6, 6.07) is 13.1. The zero-order chi connectivity index (χ0) is 25.1. The number of nitrogens with zero attached hydrogens (tertiary/aromatic N) is 1. The Bertz CT molecular complexity index is 1200. The van der Waals surface area contributed by atoms with Crippen LogP contribution in [0.3, 0.4) is 0 Å². The van der Waals surface area contributed by atoms with Gasteiger partial charge in [-0.2, -0.15) is 0 Å². The van der Waals surface area contributed by atoms with Gasteiger partial charge >= 0.3 is 5.97 Å². The lowest BCUT2D eigenvalue weighted by molar-refractivity contribution is -0.146. The molecule has 0 saturated heterocycles. The highest BCUT2D eigenvalue weighted by atomic mass is 35.5. The third-order valence-electron chi connectivity index (χ3n) is 6.68. The summed E-state index contributed by atoms with van der Waals surface area (Å²) in [5.74, 6) is -0.318. The Morgan fingerprint density at radius 2 is 1.83 bits per heavy atom. The summed E-state index contributed by atoms with van der Waals surface area (Å²) in [5.41, 5.74) is 3.77. The lowest BCUT2D eigenvalue weighted by Gasteiger charge is -2.36. The van der Waals surface area contributed by atoms with Crippen LogP contribution in [-0.4, -0.2) is 38.3 Å². The maximum absolute atomic E-state index is 13.7. The Morgan fingerprint density at radius 1 is 1.06 bits per heavy atom. The summed E-state index contributed by atoms with van der Waals surface area (Å²) in [6.07, 6.45) is 1.62. The SMILES string of the molecule is CCCOC(=O)C1C(C)=NC2=C(C(=O)C[C@@H](c3ccc(OC)c(OC)c3)C2)[C@H]1c1cccc(Cl)c1. The Morgan fingerprint density at radius 3 is 2.51 bits per heavy atom. The molecule has 0 amide bonds. The van der Waals surface area contributed by atoms with Gasteiger partial charge in [-0.05, 0) is 61.1 Å². The molecule has 0 aromatic heterocycles. The number of esters is 1. The van der Waals surface area contributed by atoms with Crippen molar-refractivity contribution in [1.82, 2.24) is 0 Å². The molecule has 4 rings (SSSR count). The fourth-order valence-corrected chi connectivity index (χ4v) is 5.26. The number of allylic oxidation sites excluding steroid dienone is 2. The molecule has 3 atom stereocenters. The first-order chi connectivity index (χ1) is 16.9. The number of methoxy groups -OCH3 is 2. The normalized spacial score (nSPS) is 21.8. The van der Waals surface area contributed by atoms with Crippen molar-refractivity contribution in [2.24, 2.45) is 10.9 Å². The van der Waals surface area contributed by atoms with Gasteiger partial charge in [0, 0.05) is 34.3 Å². The average molecular weight is 496 g/mol. The molecule has 0 N–H and O–H groups in total. The number of ketones is 1. The second kappa shape index (κ2) is 10.6. The summed E-state index contributed by atoms with van der Waals surface area (Å²) in [7, 11) is 3.19. The first-order valence-corrected chi connectivity index (χ1v) is 12.2. The van der Waals surface area contributed by atoms with Gasteiger partial charge in [0.2, 0.25) is 0 Å². The van der Waals surface area contributed by atoms with Crippen LogP contribution in [0, 0.1) is 5.92 Å². The van der Waals surface area contributed by atoms with Crippen LogP contribution in [0.2, 0.25) is 5.02 Å². The van der Waals surface area contributed by atoms with Crippen molar-refractivity contribution in [2.75, 3.05) is 20.8 Å². The molecule has 0 bridgehead atoms. The fraction of sp³-hybridized carbons (Fsp3) is 0.393. The molecular formula is C28H30ClNO5. The minimum atomic E-state index is -0.666. The first kappa shape index (κ1) is 25.0. The van der Waals surface area contributed by atoms with Gasteiger partial charge < -0.3 is 14.2 Å². The number of carbonyl (C=O) groups is 2. The van der Waals surface area contributed by atoms with Crippen LogP contribution >= 0.6 is 11.6 Å². The minimum Gasteiger partial charge on any atom is -0.493 e. The summed E-state index contributed by atoms with van der Waals surface area (Å²) < 4.78 is 16.3. The van der Waals surface area contributed by atoms with Crippen molar-refractivity contribution < 1.29 is 23.8 Å². The Labute approximate surface area is 210 Å². The van der Waals surface area contributed by atoms with Crippen molar-refractivity contribution >= 4 is 29.1 Å². The van der Waals surface area contributed by atoms with Crippen molar-refractivity contribution in [3.05, 3.63) is 69.9 Å². The highest BCUT2D eigenvalue weighted by Gasteiger charge is 2.44. The average Bonchev–Trinajstić information content (AvgIpc) is 2.85. The lowest BCUT2D eigenvalue weighted by atomic mass is 9.69. The second-order valence-electron chi connectivity index (χ2n) is 8.93. The molecule has 2 aromatic rings. The molecule has 1 aliphatic carbocycles. The zero-order valence-corrected chi connectivity index (χ0v) is 21.2. The molecule has 1 unspecified atom stereocenters. The van der Waals surface area contributed by atoms with E-state index >= 15 is 0 Å². The van der Waals surface area contributed by atoms with Gasteiger partial charge in [0.15, 0.2) is 17.3 Å². The Kier molecular flexibility index (Phi) is 7.60. The van der Waals surface area contributed by atoms with E-state index in [0.29, 0.717) is 47.3 Å². The van der Waals surface area contributed by atoms with Gasteiger partial charge in [0.05, 0.1) is 20.8 Å². The molecule has 2 aliphatic rings. The molecule has 7 heteroatoms. The summed E-state index contributed by atoms with van der Waals surface area (Å²) in [6.45, 7) is 4.11. The highest BCUT2D eigenvalue weighted by molar-refractivity contribution is 6.30. The van der Waals surface area contributed by atoms with Crippen LogP contribution in [0.25, 0.3) is 0 Å². The highest BCUT2D eigenvalue weighted by Crippen LogP contribution is 2.47. The molecule has 1 heterocycles. The predicted molar refractivity (Wildman–Crippen MR) is 136 cm³/mol. The van der Waals surface area contributed by atoms with E-state index in [9.17, 15) is 9.59 Å². The summed E-state index contributed by atoms with van der Waals surface area (Å²) in [4.78, 5) is 31.6. The molecule has 35 heavy (non-hydrogen) atoms. The van der Waals surface area contributed by atoms with E-state index in [2.05, 4.69) is 0 Å². The summed E-state index contributed by atoms with van der Waals surface area (Å²) >= 11 is 6.31. The number of rotatable bonds is 7. The molecule has 0 spiro atoms. The molecule has 184 valence electrons. The van der Waals surface area contributed by atoms with E-state index < -0.39 is 11.8 Å². The van der Waals surface area contributed by atoms with Gasteiger partial charge in [0.1, 0.15) is 5.92 Å². The van der Waals surface area contributed by atoms with Gasteiger partial charge in [-0.15, -0.1) is 0 Å².